The van der Waals surface area contributed by atoms with Gasteiger partial charge in [-0.2, -0.15) is 0 Å². The second kappa shape index (κ2) is 7.44. The van der Waals surface area contributed by atoms with E-state index in [1.54, 1.807) is 9.80 Å². The Morgan fingerprint density at radius 2 is 1.82 bits per heavy atom. The Hall–Kier alpha value is -1.10. The summed E-state index contributed by atoms with van der Waals surface area (Å²) in [6, 6.07) is 12.6. The zero-order valence-electron chi connectivity index (χ0n) is 13.2. The van der Waals surface area contributed by atoms with Crippen molar-refractivity contribution in [2.75, 3.05) is 46.4 Å². The highest BCUT2D eigenvalue weighted by Gasteiger charge is 2.19. The van der Waals surface area contributed by atoms with E-state index in [-0.39, 0.29) is 0 Å². The molecule has 3 nitrogen and oxygen atoms in total. The summed E-state index contributed by atoms with van der Waals surface area (Å²) < 4.78 is 7.06. The third-order valence-electron chi connectivity index (χ3n) is 4.57. The van der Waals surface area contributed by atoms with E-state index in [1.807, 2.05) is 0 Å². The van der Waals surface area contributed by atoms with Crippen LogP contribution in [0.25, 0.3) is 10.8 Å². The molecule has 2 aromatic carbocycles. The van der Waals surface area contributed by atoms with Crippen LogP contribution in [-0.4, -0.2) is 46.4 Å². The molecule has 22 heavy (non-hydrogen) atoms. The van der Waals surface area contributed by atoms with E-state index in [9.17, 15) is 0 Å². The molecule has 1 aliphatic rings. The molecular weight excluding hydrogens is 340 g/mol. The molecule has 1 saturated heterocycles. The Morgan fingerprint density at radius 1 is 1.05 bits per heavy atom. The summed E-state index contributed by atoms with van der Waals surface area (Å²) in [4.78, 5) is 3.40. The lowest BCUT2D eigenvalue weighted by molar-refractivity contribution is -1.00. The number of halogens is 1. The molecule has 0 bridgehead atoms. The molecule has 0 aliphatic carbocycles. The topological polar surface area (TPSA) is 18.1 Å². The fraction of sp³-hybridized carbons (Fsp3) is 0.444. The van der Waals surface area contributed by atoms with Crippen molar-refractivity contribution in [3.63, 3.8) is 0 Å². The van der Waals surface area contributed by atoms with Crippen LogP contribution < -0.4 is 14.5 Å². The molecule has 2 aromatic rings. The minimum absolute atomic E-state index is 0.795. The number of benzene rings is 2. The highest BCUT2D eigenvalue weighted by atomic mass is 79.9. The van der Waals surface area contributed by atoms with E-state index in [4.69, 9.17) is 4.74 Å². The molecule has 1 heterocycles. The van der Waals surface area contributed by atoms with Crippen molar-refractivity contribution in [3.05, 3.63) is 40.9 Å². The van der Waals surface area contributed by atoms with Crippen LogP contribution in [0.15, 0.2) is 40.9 Å². The van der Waals surface area contributed by atoms with Gasteiger partial charge in [0.15, 0.2) is 0 Å². The maximum absolute atomic E-state index is 5.99. The third kappa shape index (κ3) is 3.80. The normalized spacial score (nSPS) is 21.9. The number of ether oxygens (including phenoxy) is 1. The van der Waals surface area contributed by atoms with Crippen LogP contribution in [0, 0.1) is 0 Å². The second-order valence-corrected chi connectivity index (χ2v) is 7.05. The van der Waals surface area contributed by atoms with Crippen LogP contribution in [-0.2, 0) is 0 Å². The van der Waals surface area contributed by atoms with Gasteiger partial charge in [-0.05, 0) is 32.8 Å². The SMILES string of the molecule is C[NH+]1CC[NH+](CCCOc2ccc3ccccc3c2Br)CC1. The first-order chi connectivity index (χ1) is 10.7. The van der Waals surface area contributed by atoms with Gasteiger partial charge in [-0.25, -0.2) is 0 Å². The second-order valence-electron chi connectivity index (χ2n) is 6.26. The van der Waals surface area contributed by atoms with E-state index < -0.39 is 0 Å². The summed E-state index contributed by atoms with van der Waals surface area (Å²) in [7, 11) is 2.29. The molecule has 0 spiro atoms. The quantitative estimate of drug-likeness (QED) is 0.750. The molecule has 1 aliphatic heterocycles. The first-order valence-corrected chi connectivity index (χ1v) is 8.98. The standard InChI is InChI=1S/C18H23BrN2O/c1-20-10-12-21(13-11-20)9-4-14-22-17-8-7-15-5-2-3-6-16(15)18(17)19/h2-3,5-8H,4,9-14H2,1H3/p+2. The number of fused-ring (bicyclic) bond motifs is 1. The van der Waals surface area contributed by atoms with Gasteiger partial charge < -0.3 is 14.5 Å². The number of nitrogens with one attached hydrogen (secondary N) is 2. The van der Waals surface area contributed by atoms with Gasteiger partial charge in [0, 0.05) is 6.42 Å². The van der Waals surface area contributed by atoms with Gasteiger partial charge in [0.1, 0.15) is 31.9 Å². The number of piperazine rings is 1. The maximum Gasteiger partial charge on any atom is 0.134 e. The van der Waals surface area contributed by atoms with Crippen LogP contribution in [0.1, 0.15) is 6.42 Å². The van der Waals surface area contributed by atoms with Gasteiger partial charge in [0.05, 0.1) is 24.7 Å². The maximum atomic E-state index is 5.99. The molecule has 118 valence electrons. The highest BCUT2D eigenvalue weighted by Crippen LogP contribution is 2.32. The Balaban J connectivity index is 1.50. The molecule has 0 aromatic heterocycles. The van der Waals surface area contributed by atoms with Gasteiger partial charge in [-0.1, -0.05) is 30.3 Å². The summed E-state index contributed by atoms with van der Waals surface area (Å²) in [5, 5.41) is 2.46. The Kier molecular flexibility index (Phi) is 5.34. The van der Waals surface area contributed by atoms with E-state index in [0.717, 1.165) is 23.2 Å². The van der Waals surface area contributed by atoms with Crippen molar-refractivity contribution in [2.24, 2.45) is 0 Å². The number of likely N-dealkylation sites (N-methyl/N-ethyl adjacent to an activating group) is 1. The van der Waals surface area contributed by atoms with Crippen molar-refractivity contribution in [1.82, 2.24) is 0 Å². The van der Waals surface area contributed by atoms with E-state index in [1.165, 1.54) is 43.5 Å². The lowest BCUT2D eigenvalue weighted by Crippen LogP contribution is -3.27. The molecule has 3 rings (SSSR count). The molecule has 0 unspecified atom stereocenters. The van der Waals surface area contributed by atoms with Crippen LogP contribution >= 0.6 is 15.9 Å². The summed E-state index contributed by atoms with van der Waals surface area (Å²) >= 11 is 3.68. The lowest BCUT2D eigenvalue weighted by atomic mass is 10.1. The molecule has 0 atom stereocenters. The van der Waals surface area contributed by atoms with Crippen LogP contribution in [0.3, 0.4) is 0 Å². The molecule has 0 saturated carbocycles. The Bertz CT molecular complexity index is 624. The smallest absolute Gasteiger partial charge is 0.134 e. The first kappa shape index (κ1) is 15.8. The lowest BCUT2D eigenvalue weighted by Gasteiger charge is -2.27. The number of hydrogen-bond acceptors (Lipinski definition) is 1. The van der Waals surface area contributed by atoms with Crippen molar-refractivity contribution in [1.29, 1.82) is 0 Å². The van der Waals surface area contributed by atoms with E-state index in [0.29, 0.717) is 0 Å². The van der Waals surface area contributed by atoms with Crippen molar-refractivity contribution >= 4 is 26.7 Å². The third-order valence-corrected chi connectivity index (χ3v) is 5.39. The summed E-state index contributed by atoms with van der Waals surface area (Å²) in [6.45, 7) is 7.21. The molecular formula is C18H25BrN2O+2. The molecule has 2 N–H and O–H groups in total. The van der Waals surface area contributed by atoms with Crippen molar-refractivity contribution < 1.29 is 14.5 Å². The summed E-state index contributed by atoms with van der Waals surface area (Å²) in [5.41, 5.74) is 0. The average molecular weight is 365 g/mol. The zero-order valence-corrected chi connectivity index (χ0v) is 14.8. The first-order valence-electron chi connectivity index (χ1n) is 8.19. The summed E-state index contributed by atoms with van der Waals surface area (Å²) in [6.07, 6.45) is 1.12. The van der Waals surface area contributed by atoms with E-state index >= 15 is 0 Å². The average Bonchev–Trinajstić information content (AvgIpc) is 2.55. The minimum Gasteiger partial charge on any atom is -0.492 e. The number of hydrogen-bond donors (Lipinski definition) is 2. The molecule has 0 radical (unpaired) electrons. The van der Waals surface area contributed by atoms with Gasteiger partial charge >= 0.3 is 0 Å². The summed E-state index contributed by atoms with van der Waals surface area (Å²) in [5.74, 6) is 0.955. The predicted molar refractivity (Wildman–Crippen MR) is 93.9 cm³/mol. The monoisotopic (exact) mass is 364 g/mol. The minimum atomic E-state index is 0.795. The van der Waals surface area contributed by atoms with Crippen LogP contribution in [0.4, 0.5) is 0 Å². The van der Waals surface area contributed by atoms with Gasteiger partial charge in [-0.3, -0.25) is 0 Å². The van der Waals surface area contributed by atoms with Crippen LogP contribution in [0.2, 0.25) is 0 Å². The highest BCUT2D eigenvalue weighted by molar-refractivity contribution is 9.10. The number of rotatable bonds is 5. The van der Waals surface area contributed by atoms with Crippen molar-refractivity contribution in [2.45, 2.75) is 6.42 Å². The number of quaternary nitrogens is 2. The predicted octanol–water partition coefficient (Wildman–Crippen LogP) is 0.784. The molecule has 1 fully saturated rings. The fourth-order valence-electron chi connectivity index (χ4n) is 3.11. The van der Waals surface area contributed by atoms with Gasteiger partial charge in [0.25, 0.3) is 0 Å². The van der Waals surface area contributed by atoms with Gasteiger partial charge in [0.2, 0.25) is 0 Å². The Morgan fingerprint density at radius 3 is 2.64 bits per heavy atom. The Labute approximate surface area is 141 Å². The molecule has 4 heteroatoms. The van der Waals surface area contributed by atoms with Crippen molar-refractivity contribution in [3.8, 4) is 5.75 Å². The van der Waals surface area contributed by atoms with Crippen LogP contribution in [0.5, 0.6) is 5.75 Å². The fourth-order valence-corrected chi connectivity index (χ4v) is 3.72. The largest absolute Gasteiger partial charge is 0.492 e. The van der Waals surface area contributed by atoms with Gasteiger partial charge in [-0.15, -0.1) is 0 Å². The molecule has 0 amide bonds. The zero-order chi connectivity index (χ0) is 15.4. The van der Waals surface area contributed by atoms with E-state index in [2.05, 4.69) is 59.4 Å².